The fourth-order valence-electron chi connectivity index (χ4n) is 4.71. The van der Waals surface area contributed by atoms with Crippen LogP contribution in [-0.2, 0) is 6.42 Å². The standard InChI is InChI=1S/C31H40F2O/c1-3-5-7-8-9-10-24-11-16-26(17-12-24)27-18-13-25(14-19-27)15-20-28-21-22-29(31(33)30(28)32)34-23-6-4-2/h11-12,16-17,21-22,25,27H,3-10,13-14,18-19,23H2,1-2H3. The summed E-state index contributed by atoms with van der Waals surface area (Å²) in [6.07, 6.45) is 13.7. The lowest BCUT2D eigenvalue weighted by atomic mass is 9.78. The van der Waals surface area contributed by atoms with E-state index in [9.17, 15) is 8.78 Å². The third-order valence-corrected chi connectivity index (χ3v) is 6.96. The molecule has 0 spiro atoms. The zero-order valence-electron chi connectivity index (χ0n) is 21.0. The summed E-state index contributed by atoms with van der Waals surface area (Å²) in [5.74, 6) is 5.04. The molecule has 184 valence electrons. The van der Waals surface area contributed by atoms with Gasteiger partial charge in [-0.3, -0.25) is 0 Å². The van der Waals surface area contributed by atoms with Crippen LogP contribution in [0.2, 0.25) is 0 Å². The van der Waals surface area contributed by atoms with Crippen molar-refractivity contribution in [3.63, 3.8) is 0 Å². The molecule has 0 N–H and O–H groups in total. The molecule has 0 saturated heterocycles. The smallest absolute Gasteiger partial charge is 0.201 e. The molecule has 0 atom stereocenters. The summed E-state index contributed by atoms with van der Waals surface area (Å²) in [6, 6.07) is 12.2. The Morgan fingerprint density at radius 2 is 1.50 bits per heavy atom. The van der Waals surface area contributed by atoms with E-state index >= 15 is 0 Å². The van der Waals surface area contributed by atoms with Crippen molar-refractivity contribution in [1.82, 2.24) is 0 Å². The van der Waals surface area contributed by atoms with Gasteiger partial charge in [-0.1, -0.05) is 82.1 Å². The van der Waals surface area contributed by atoms with Crippen LogP contribution in [0.3, 0.4) is 0 Å². The number of benzene rings is 2. The Morgan fingerprint density at radius 3 is 2.21 bits per heavy atom. The molecule has 0 radical (unpaired) electrons. The van der Waals surface area contributed by atoms with Crippen molar-refractivity contribution in [1.29, 1.82) is 0 Å². The van der Waals surface area contributed by atoms with E-state index in [1.165, 1.54) is 61.8 Å². The Labute approximate surface area is 205 Å². The van der Waals surface area contributed by atoms with Gasteiger partial charge in [0.1, 0.15) is 0 Å². The van der Waals surface area contributed by atoms with Crippen molar-refractivity contribution in [3.05, 3.63) is 64.7 Å². The molecule has 1 aliphatic rings. The molecule has 0 amide bonds. The molecule has 0 heterocycles. The van der Waals surface area contributed by atoms with Crippen LogP contribution in [0.25, 0.3) is 0 Å². The summed E-state index contributed by atoms with van der Waals surface area (Å²) in [7, 11) is 0. The second-order valence-corrected chi connectivity index (χ2v) is 9.66. The van der Waals surface area contributed by atoms with Gasteiger partial charge in [0.2, 0.25) is 5.82 Å². The van der Waals surface area contributed by atoms with Crippen LogP contribution in [0.4, 0.5) is 8.78 Å². The molecule has 1 aliphatic carbocycles. The zero-order valence-corrected chi connectivity index (χ0v) is 21.0. The van der Waals surface area contributed by atoms with Crippen molar-refractivity contribution in [2.45, 2.75) is 96.8 Å². The third-order valence-electron chi connectivity index (χ3n) is 6.96. The van der Waals surface area contributed by atoms with Gasteiger partial charge in [-0.15, -0.1) is 0 Å². The first kappa shape index (κ1) is 26.3. The Hall–Kier alpha value is -2.34. The maximum atomic E-state index is 14.4. The number of rotatable bonds is 11. The van der Waals surface area contributed by atoms with E-state index in [-0.39, 0.29) is 17.2 Å². The highest BCUT2D eigenvalue weighted by atomic mass is 19.2. The van der Waals surface area contributed by atoms with Gasteiger partial charge in [-0.25, -0.2) is 4.39 Å². The molecular weight excluding hydrogens is 426 g/mol. The monoisotopic (exact) mass is 466 g/mol. The summed E-state index contributed by atoms with van der Waals surface area (Å²) >= 11 is 0. The fraction of sp³-hybridized carbons (Fsp3) is 0.548. The van der Waals surface area contributed by atoms with E-state index < -0.39 is 11.6 Å². The maximum absolute atomic E-state index is 14.4. The Bertz CT molecular complexity index is 930. The van der Waals surface area contributed by atoms with Crippen LogP contribution < -0.4 is 4.74 Å². The third kappa shape index (κ3) is 7.86. The van der Waals surface area contributed by atoms with Crippen LogP contribution in [0.1, 0.15) is 107 Å². The van der Waals surface area contributed by atoms with Crippen molar-refractivity contribution in [2.24, 2.45) is 5.92 Å². The molecule has 2 aromatic rings. The van der Waals surface area contributed by atoms with E-state index in [2.05, 4.69) is 43.0 Å². The molecule has 3 rings (SSSR count). The van der Waals surface area contributed by atoms with Crippen molar-refractivity contribution < 1.29 is 13.5 Å². The number of unbranched alkanes of at least 4 members (excludes halogenated alkanes) is 5. The van der Waals surface area contributed by atoms with E-state index in [0.29, 0.717) is 12.5 Å². The van der Waals surface area contributed by atoms with Crippen LogP contribution >= 0.6 is 0 Å². The predicted molar refractivity (Wildman–Crippen MR) is 137 cm³/mol. The zero-order chi connectivity index (χ0) is 24.2. The topological polar surface area (TPSA) is 9.23 Å². The minimum Gasteiger partial charge on any atom is -0.490 e. The first-order valence-corrected chi connectivity index (χ1v) is 13.3. The van der Waals surface area contributed by atoms with Crippen LogP contribution in [0.5, 0.6) is 5.75 Å². The molecule has 1 saturated carbocycles. The second-order valence-electron chi connectivity index (χ2n) is 9.66. The summed E-state index contributed by atoms with van der Waals surface area (Å²) < 4.78 is 34.0. The molecule has 2 aromatic carbocycles. The molecule has 1 fully saturated rings. The molecule has 0 unspecified atom stereocenters. The Morgan fingerprint density at radius 1 is 0.794 bits per heavy atom. The summed E-state index contributed by atoms with van der Waals surface area (Å²) in [5, 5.41) is 0. The molecule has 1 nitrogen and oxygen atoms in total. The lowest BCUT2D eigenvalue weighted by Gasteiger charge is -2.26. The van der Waals surface area contributed by atoms with Crippen LogP contribution in [0, 0.1) is 29.4 Å². The Kier molecular flexibility index (Phi) is 10.9. The van der Waals surface area contributed by atoms with Crippen LogP contribution in [0.15, 0.2) is 36.4 Å². The average Bonchev–Trinajstić information content (AvgIpc) is 2.87. The highest BCUT2D eigenvalue weighted by Crippen LogP contribution is 2.35. The number of halogens is 2. The van der Waals surface area contributed by atoms with Gasteiger partial charge in [0.25, 0.3) is 0 Å². The molecular formula is C31H40F2O. The lowest BCUT2D eigenvalue weighted by molar-refractivity contribution is 0.288. The molecule has 0 aliphatic heterocycles. The van der Waals surface area contributed by atoms with E-state index in [4.69, 9.17) is 4.74 Å². The van der Waals surface area contributed by atoms with Crippen molar-refractivity contribution in [3.8, 4) is 17.6 Å². The number of hydrogen-bond donors (Lipinski definition) is 0. The summed E-state index contributed by atoms with van der Waals surface area (Å²) in [4.78, 5) is 0. The lowest BCUT2D eigenvalue weighted by Crippen LogP contribution is -2.12. The van der Waals surface area contributed by atoms with Gasteiger partial charge < -0.3 is 4.74 Å². The van der Waals surface area contributed by atoms with E-state index in [1.807, 2.05) is 6.92 Å². The van der Waals surface area contributed by atoms with E-state index in [0.717, 1.165) is 38.5 Å². The second kappa shape index (κ2) is 14.1. The summed E-state index contributed by atoms with van der Waals surface area (Å²) in [5.41, 5.74) is 2.98. The highest BCUT2D eigenvalue weighted by molar-refractivity contribution is 5.41. The summed E-state index contributed by atoms with van der Waals surface area (Å²) in [6.45, 7) is 4.67. The van der Waals surface area contributed by atoms with Crippen molar-refractivity contribution in [2.75, 3.05) is 6.61 Å². The molecule has 0 aromatic heterocycles. The van der Waals surface area contributed by atoms with Gasteiger partial charge >= 0.3 is 0 Å². The van der Waals surface area contributed by atoms with Gasteiger partial charge in [-0.2, -0.15) is 4.39 Å². The van der Waals surface area contributed by atoms with Crippen LogP contribution in [-0.4, -0.2) is 6.61 Å². The molecule has 34 heavy (non-hydrogen) atoms. The fourth-order valence-corrected chi connectivity index (χ4v) is 4.71. The Balaban J connectivity index is 1.48. The van der Waals surface area contributed by atoms with Crippen molar-refractivity contribution >= 4 is 0 Å². The largest absolute Gasteiger partial charge is 0.490 e. The predicted octanol–water partition coefficient (Wildman–Crippen LogP) is 8.98. The minimum absolute atomic E-state index is 0.0282. The quantitative estimate of drug-likeness (QED) is 0.237. The normalized spacial score (nSPS) is 17.8. The number of hydrogen-bond acceptors (Lipinski definition) is 1. The molecule has 3 heteroatoms. The average molecular weight is 467 g/mol. The SMILES string of the molecule is CCCCCCCc1ccc(C2CCC(C#Cc3ccc(OCCCC)c(F)c3F)CC2)cc1. The van der Waals surface area contributed by atoms with E-state index in [1.54, 1.807) is 0 Å². The van der Waals surface area contributed by atoms with Gasteiger partial charge in [0, 0.05) is 5.92 Å². The first-order chi connectivity index (χ1) is 16.6. The van der Waals surface area contributed by atoms with Gasteiger partial charge in [0.15, 0.2) is 11.6 Å². The molecule has 0 bridgehead atoms. The first-order valence-electron chi connectivity index (χ1n) is 13.3. The number of aryl methyl sites for hydroxylation is 1. The van der Waals surface area contributed by atoms with Gasteiger partial charge in [0.05, 0.1) is 12.2 Å². The van der Waals surface area contributed by atoms with Gasteiger partial charge in [-0.05, 0) is 74.1 Å². The minimum atomic E-state index is -0.934. The maximum Gasteiger partial charge on any atom is 0.201 e. The number of ether oxygens (including phenoxy) is 1. The highest BCUT2D eigenvalue weighted by Gasteiger charge is 2.21.